The molecule has 1 aliphatic rings. The van der Waals surface area contributed by atoms with Crippen molar-refractivity contribution in [2.75, 3.05) is 18.5 Å². The first-order valence-corrected chi connectivity index (χ1v) is 6.96. The van der Waals surface area contributed by atoms with Crippen LogP contribution < -0.4 is 14.8 Å². The van der Waals surface area contributed by atoms with Gasteiger partial charge in [-0.25, -0.2) is 0 Å². The van der Waals surface area contributed by atoms with Gasteiger partial charge in [0.05, 0.1) is 6.42 Å². The summed E-state index contributed by atoms with van der Waals surface area (Å²) in [6, 6.07) is 7.43. The normalized spacial score (nSPS) is 13.0. The molecule has 5 nitrogen and oxygen atoms in total. The molecule has 2 aromatic rings. The fourth-order valence-electron chi connectivity index (χ4n) is 2.46. The predicted octanol–water partition coefficient (Wildman–Crippen LogP) is 2.58. The molecule has 0 bridgehead atoms. The van der Waals surface area contributed by atoms with E-state index in [2.05, 4.69) is 10.3 Å². The number of amides is 1. The van der Waals surface area contributed by atoms with E-state index in [-0.39, 0.29) is 5.91 Å². The van der Waals surface area contributed by atoms with Gasteiger partial charge in [-0.3, -0.25) is 4.79 Å². The highest BCUT2D eigenvalue weighted by Gasteiger charge is 2.13. The Morgan fingerprint density at radius 2 is 1.95 bits per heavy atom. The SMILES string of the molecule is Cc1cc(CC(=O)Nc2ccc3c(c2)OCCO3)c(C)[nH]1. The number of rotatable bonds is 3. The number of ether oxygens (including phenoxy) is 2. The molecule has 0 saturated heterocycles. The Hall–Kier alpha value is -2.43. The molecule has 0 aliphatic carbocycles. The molecule has 21 heavy (non-hydrogen) atoms. The summed E-state index contributed by atoms with van der Waals surface area (Å²) in [4.78, 5) is 15.3. The maximum atomic E-state index is 12.1. The zero-order valence-corrected chi connectivity index (χ0v) is 12.2. The summed E-state index contributed by atoms with van der Waals surface area (Å²) < 4.78 is 11.0. The van der Waals surface area contributed by atoms with Crippen LogP contribution in [0.2, 0.25) is 0 Å². The van der Waals surface area contributed by atoms with Crippen molar-refractivity contribution < 1.29 is 14.3 Å². The van der Waals surface area contributed by atoms with Crippen LogP contribution in [0.5, 0.6) is 11.5 Å². The molecule has 3 rings (SSSR count). The number of aryl methyl sites for hydroxylation is 2. The van der Waals surface area contributed by atoms with Crippen LogP contribution in [0.25, 0.3) is 0 Å². The molecule has 110 valence electrons. The minimum absolute atomic E-state index is 0.0474. The number of anilines is 1. The van der Waals surface area contributed by atoms with E-state index in [4.69, 9.17) is 9.47 Å². The summed E-state index contributed by atoms with van der Waals surface area (Å²) >= 11 is 0. The third kappa shape index (κ3) is 3.02. The number of nitrogens with one attached hydrogen (secondary N) is 2. The van der Waals surface area contributed by atoms with Gasteiger partial charge < -0.3 is 19.8 Å². The molecule has 1 aromatic heterocycles. The van der Waals surface area contributed by atoms with Crippen LogP contribution in [0.1, 0.15) is 17.0 Å². The predicted molar refractivity (Wildman–Crippen MR) is 80.0 cm³/mol. The average Bonchev–Trinajstić information content (AvgIpc) is 2.76. The first-order chi connectivity index (χ1) is 10.1. The Balaban J connectivity index is 1.68. The molecule has 0 spiro atoms. The molecular formula is C16H18N2O3. The highest BCUT2D eigenvalue weighted by atomic mass is 16.6. The van der Waals surface area contributed by atoms with Crippen LogP contribution in [-0.4, -0.2) is 24.1 Å². The monoisotopic (exact) mass is 286 g/mol. The van der Waals surface area contributed by atoms with Gasteiger partial charge in [0.25, 0.3) is 0 Å². The molecule has 0 saturated carbocycles. The summed E-state index contributed by atoms with van der Waals surface area (Å²) in [5, 5.41) is 2.89. The topological polar surface area (TPSA) is 63.4 Å². The third-order valence-electron chi connectivity index (χ3n) is 3.43. The maximum absolute atomic E-state index is 12.1. The second kappa shape index (κ2) is 5.52. The minimum Gasteiger partial charge on any atom is -0.486 e. The molecule has 2 N–H and O–H groups in total. The van der Waals surface area contributed by atoms with Crippen molar-refractivity contribution in [1.82, 2.24) is 4.98 Å². The molecule has 5 heteroatoms. The van der Waals surface area contributed by atoms with Gasteiger partial charge in [-0.1, -0.05) is 0 Å². The lowest BCUT2D eigenvalue weighted by Crippen LogP contribution is -2.17. The van der Waals surface area contributed by atoms with E-state index < -0.39 is 0 Å². The van der Waals surface area contributed by atoms with Gasteiger partial charge in [-0.15, -0.1) is 0 Å². The van der Waals surface area contributed by atoms with Crippen LogP contribution in [0.15, 0.2) is 24.3 Å². The second-order valence-corrected chi connectivity index (χ2v) is 5.19. The van der Waals surface area contributed by atoms with Crippen LogP contribution >= 0.6 is 0 Å². The average molecular weight is 286 g/mol. The van der Waals surface area contributed by atoms with E-state index in [0.29, 0.717) is 31.1 Å². The van der Waals surface area contributed by atoms with Gasteiger partial charge in [0.2, 0.25) is 5.91 Å². The summed E-state index contributed by atoms with van der Waals surface area (Å²) in [6.07, 6.45) is 0.352. The van der Waals surface area contributed by atoms with Crippen molar-refractivity contribution in [2.45, 2.75) is 20.3 Å². The smallest absolute Gasteiger partial charge is 0.228 e. The van der Waals surface area contributed by atoms with Gasteiger partial charge in [-0.05, 0) is 37.6 Å². The first-order valence-electron chi connectivity index (χ1n) is 6.96. The number of aromatic nitrogens is 1. The lowest BCUT2D eigenvalue weighted by atomic mass is 10.1. The van der Waals surface area contributed by atoms with Gasteiger partial charge in [0.15, 0.2) is 11.5 Å². The number of hydrogen-bond donors (Lipinski definition) is 2. The van der Waals surface area contributed by atoms with Gasteiger partial charge >= 0.3 is 0 Å². The zero-order chi connectivity index (χ0) is 14.8. The molecule has 1 aromatic carbocycles. The van der Waals surface area contributed by atoms with Crippen LogP contribution in [0.3, 0.4) is 0 Å². The molecule has 0 radical (unpaired) electrons. The zero-order valence-electron chi connectivity index (χ0n) is 12.2. The van der Waals surface area contributed by atoms with Crippen molar-refractivity contribution in [2.24, 2.45) is 0 Å². The van der Waals surface area contributed by atoms with Crippen LogP contribution in [0, 0.1) is 13.8 Å². The molecule has 0 unspecified atom stereocenters. The van der Waals surface area contributed by atoms with Crippen molar-refractivity contribution >= 4 is 11.6 Å². The summed E-state index contributed by atoms with van der Waals surface area (Å²) in [5.74, 6) is 1.35. The molecule has 0 atom stereocenters. The Labute approximate surface area is 123 Å². The molecule has 0 fully saturated rings. The Kier molecular flexibility index (Phi) is 3.56. The van der Waals surface area contributed by atoms with Crippen molar-refractivity contribution in [3.63, 3.8) is 0 Å². The standard InChI is InChI=1S/C16H18N2O3/c1-10-7-12(11(2)17-10)8-16(19)18-13-3-4-14-15(9-13)21-6-5-20-14/h3-4,7,9,17H,5-6,8H2,1-2H3,(H,18,19). The number of hydrogen-bond acceptors (Lipinski definition) is 3. The van der Waals surface area contributed by atoms with E-state index in [1.54, 1.807) is 6.07 Å². The van der Waals surface area contributed by atoms with Crippen molar-refractivity contribution in [1.29, 1.82) is 0 Å². The highest BCUT2D eigenvalue weighted by molar-refractivity contribution is 5.92. The summed E-state index contributed by atoms with van der Waals surface area (Å²) in [7, 11) is 0. The lowest BCUT2D eigenvalue weighted by Gasteiger charge is -2.19. The van der Waals surface area contributed by atoms with E-state index in [1.807, 2.05) is 32.0 Å². The minimum atomic E-state index is -0.0474. The number of benzene rings is 1. The fourth-order valence-corrected chi connectivity index (χ4v) is 2.46. The largest absolute Gasteiger partial charge is 0.486 e. The quantitative estimate of drug-likeness (QED) is 0.911. The fraction of sp³-hybridized carbons (Fsp3) is 0.312. The number of H-pyrrole nitrogens is 1. The number of carbonyl (C=O) groups excluding carboxylic acids is 1. The Morgan fingerprint density at radius 3 is 2.67 bits per heavy atom. The molecule has 1 aliphatic heterocycles. The van der Waals surface area contributed by atoms with E-state index in [1.165, 1.54) is 0 Å². The number of aromatic amines is 1. The van der Waals surface area contributed by atoms with Crippen molar-refractivity contribution in [3.05, 3.63) is 41.2 Å². The Bertz CT molecular complexity index is 676. The lowest BCUT2D eigenvalue weighted by molar-refractivity contribution is -0.115. The first kappa shape index (κ1) is 13.5. The van der Waals surface area contributed by atoms with E-state index in [0.717, 1.165) is 22.7 Å². The maximum Gasteiger partial charge on any atom is 0.228 e. The van der Waals surface area contributed by atoms with Gasteiger partial charge in [-0.2, -0.15) is 0 Å². The second-order valence-electron chi connectivity index (χ2n) is 5.19. The molecule has 2 heterocycles. The van der Waals surface area contributed by atoms with Gasteiger partial charge in [0.1, 0.15) is 13.2 Å². The number of carbonyl (C=O) groups is 1. The summed E-state index contributed by atoms with van der Waals surface area (Å²) in [6.45, 7) is 5.05. The van der Waals surface area contributed by atoms with Crippen LogP contribution in [0.4, 0.5) is 5.69 Å². The van der Waals surface area contributed by atoms with Crippen molar-refractivity contribution in [3.8, 4) is 11.5 Å². The highest BCUT2D eigenvalue weighted by Crippen LogP contribution is 2.32. The molecule has 1 amide bonds. The van der Waals surface area contributed by atoms with E-state index >= 15 is 0 Å². The Morgan fingerprint density at radius 1 is 1.19 bits per heavy atom. The summed E-state index contributed by atoms with van der Waals surface area (Å²) in [5.41, 5.74) is 3.83. The van der Waals surface area contributed by atoms with Gasteiger partial charge in [0, 0.05) is 23.1 Å². The molecular weight excluding hydrogens is 268 g/mol. The third-order valence-corrected chi connectivity index (χ3v) is 3.43. The van der Waals surface area contributed by atoms with Crippen LogP contribution in [-0.2, 0) is 11.2 Å². The number of fused-ring (bicyclic) bond motifs is 1. The van der Waals surface area contributed by atoms with E-state index in [9.17, 15) is 4.79 Å².